The minimum absolute atomic E-state index is 0.553. The van der Waals surface area contributed by atoms with Gasteiger partial charge in [-0.3, -0.25) is 4.90 Å². The minimum Gasteiger partial charge on any atom is -0.497 e. The largest absolute Gasteiger partial charge is 0.497 e. The van der Waals surface area contributed by atoms with Crippen molar-refractivity contribution >= 4 is 11.6 Å². The van der Waals surface area contributed by atoms with Crippen molar-refractivity contribution in [3.63, 3.8) is 0 Å². The third kappa shape index (κ3) is 4.73. The first-order valence-corrected chi connectivity index (χ1v) is 11.6. The summed E-state index contributed by atoms with van der Waals surface area (Å²) in [5.74, 6) is 2.82. The lowest BCUT2D eigenvalue weighted by molar-refractivity contribution is 0.230. The Morgan fingerprint density at radius 3 is 2.61 bits per heavy atom. The summed E-state index contributed by atoms with van der Waals surface area (Å²) in [6.07, 6.45) is 6.40. The first kappa shape index (κ1) is 21.5. The van der Waals surface area contributed by atoms with Gasteiger partial charge in [0.15, 0.2) is 11.5 Å². The number of likely N-dealkylation sites (tertiary alicyclic amines) is 1. The number of anilines is 2. The summed E-state index contributed by atoms with van der Waals surface area (Å²) < 4.78 is 17.0. The van der Waals surface area contributed by atoms with E-state index in [2.05, 4.69) is 27.3 Å². The van der Waals surface area contributed by atoms with Crippen LogP contribution in [0, 0.1) is 0 Å². The second kappa shape index (κ2) is 9.67. The van der Waals surface area contributed by atoms with Gasteiger partial charge in [-0.25, -0.2) is 9.97 Å². The molecule has 1 fully saturated rings. The van der Waals surface area contributed by atoms with Crippen LogP contribution in [0.3, 0.4) is 0 Å². The van der Waals surface area contributed by atoms with Crippen LogP contribution in [0.2, 0.25) is 0 Å². The van der Waals surface area contributed by atoms with Crippen molar-refractivity contribution in [2.24, 2.45) is 0 Å². The molecule has 0 unspecified atom stereocenters. The van der Waals surface area contributed by atoms with Gasteiger partial charge in [-0.15, -0.1) is 0 Å². The molecule has 3 aromatic rings. The van der Waals surface area contributed by atoms with Crippen LogP contribution in [0.1, 0.15) is 24.0 Å². The number of nitrogens with one attached hydrogen (secondary N) is 1. The SMILES string of the molecule is COc1ccc2c(c1)-c1nc(Nc3ccc(OC)c(OCCN4CCCC4)c3)ncc1CC2. The molecule has 0 saturated carbocycles. The Labute approximate surface area is 194 Å². The Morgan fingerprint density at radius 1 is 0.939 bits per heavy atom. The molecule has 1 aromatic heterocycles. The van der Waals surface area contributed by atoms with Crippen molar-refractivity contribution < 1.29 is 14.2 Å². The topological polar surface area (TPSA) is 68.7 Å². The number of benzene rings is 2. The summed E-state index contributed by atoms with van der Waals surface area (Å²) in [6, 6.07) is 12.0. The van der Waals surface area contributed by atoms with Crippen molar-refractivity contribution in [1.29, 1.82) is 0 Å². The Bertz CT molecular complexity index is 1130. The Morgan fingerprint density at radius 2 is 1.79 bits per heavy atom. The molecule has 2 aromatic carbocycles. The highest BCUT2D eigenvalue weighted by Crippen LogP contribution is 2.36. The number of methoxy groups -OCH3 is 2. The van der Waals surface area contributed by atoms with Gasteiger partial charge in [-0.1, -0.05) is 6.07 Å². The second-order valence-corrected chi connectivity index (χ2v) is 8.48. The van der Waals surface area contributed by atoms with Crippen LogP contribution >= 0.6 is 0 Å². The first-order chi connectivity index (χ1) is 16.2. The van der Waals surface area contributed by atoms with Crippen LogP contribution in [0.25, 0.3) is 11.3 Å². The fourth-order valence-electron chi connectivity index (χ4n) is 4.56. The molecule has 2 aliphatic rings. The van der Waals surface area contributed by atoms with Gasteiger partial charge in [0.2, 0.25) is 5.95 Å². The molecular formula is C26H30N4O3. The van der Waals surface area contributed by atoms with E-state index in [1.165, 1.54) is 18.4 Å². The van der Waals surface area contributed by atoms with Crippen LogP contribution in [0.5, 0.6) is 17.2 Å². The summed E-state index contributed by atoms with van der Waals surface area (Å²) in [5.41, 5.74) is 5.37. The molecule has 7 heteroatoms. The normalized spacial score (nSPS) is 15.0. The number of nitrogens with zero attached hydrogens (tertiary/aromatic N) is 3. The molecule has 0 spiro atoms. The summed E-state index contributed by atoms with van der Waals surface area (Å²) >= 11 is 0. The molecule has 0 bridgehead atoms. The van der Waals surface area contributed by atoms with Gasteiger partial charge in [-0.2, -0.15) is 0 Å². The molecule has 5 rings (SSSR count). The number of rotatable bonds is 8. The van der Waals surface area contributed by atoms with Crippen LogP contribution in [-0.4, -0.2) is 55.3 Å². The molecular weight excluding hydrogens is 416 g/mol. The summed E-state index contributed by atoms with van der Waals surface area (Å²) in [5, 5.41) is 3.34. The first-order valence-electron chi connectivity index (χ1n) is 11.6. The molecule has 172 valence electrons. The number of hydrogen-bond donors (Lipinski definition) is 1. The van der Waals surface area contributed by atoms with Crippen LogP contribution < -0.4 is 19.5 Å². The second-order valence-electron chi connectivity index (χ2n) is 8.48. The van der Waals surface area contributed by atoms with E-state index in [0.717, 1.165) is 66.5 Å². The summed E-state index contributed by atoms with van der Waals surface area (Å²) in [4.78, 5) is 11.8. The van der Waals surface area contributed by atoms with E-state index in [0.29, 0.717) is 18.3 Å². The monoisotopic (exact) mass is 446 g/mol. The Hall–Kier alpha value is -3.32. The maximum Gasteiger partial charge on any atom is 0.227 e. The van der Waals surface area contributed by atoms with E-state index >= 15 is 0 Å². The number of aryl methyl sites for hydroxylation is 2. The molecule has 1 aliphatic carbocycles. The third-order valence-electron chi connectivity index (χ3n) is 6.38. The van der Waals surface area contributed by atoms with Crippen molar-refractivity contribution in [3.05, 3.63) is 53.7 Å². The van der Waals surface area contributed by atoms with Gasteiger partial charge in [0.1, 0.15) is 12.4 Å². The van der Waals surface area contributed by atoms with Gasteiger partial charge in [-0.05, 0) is 74.2 Å². The molecule has 1 N–H and O–H groups in total. The minimum atomic E-state index is 0.553. The van der Waals surface area contributed by atoms with Crippen molar-refractivity contribution in [2.45, 2.75) is 25.7 Å². The molecule has 1 saturated heterocycles. The number of hydrogen-bond acceptors (Lipinski definition) is 7. The third-order valence-corrected chi connectivity index (χ3v) is 6.38. The number of ether oxygens (including phenoxy) is 3. The smallest absolute Gasteiger partial charge is 0.227 e. The van der Waals surface area contributed by atoms with E-state index in [4.69, 9.17) is 19.2 Å². The lowest BCUT2D eigenvalue weighted by Crippen LogP contribution is -2.25. The van der Waals surface area contributed by atoms with Gasteiger partial charge in [0.25, 0.3) is 0 Å². The zero-order valence-electron chi connectivity index (χ0n) is 19.3. The number of fused-ring (bicyclic) bond motifs is 3. The molecule has 0 amide bonds. The van der Waals surface area contributed by atoms with Gasteiger partial charge in [0.05, 0.1) is 19.9 Å². The van der Waals surface area contributed by atoms with Gasteiger partial charge >= 0.3 is 0 Å². The zero-order chi connectivity index (χ0) is 22.6. The highest BCUT2D eigenvalue weighted by atomic mass is 16.5. The predicted molar refractivity (Wildman–Crippen MR) is 129 cm³/mol. The highest BCUT2D eigenvalue weighted by Gasteiger charge is 2.20. The van der Waals surface area contributed by atoms with E-state index in [-0.39, 0.29) is 0 Å². The summed E-state index contributed by atoms with van der Waals surface area (Å²) in [7, 11) is 3.35. The maximum absolute atomic E-state index is 6.07. The standard InChI is InChI=1S/C26H30N4O3/c1-31-21-9-7-18-5-6-19-17-27-26(29-25(19)22(18)16-21)28-20-8-10-23(32-2)24(15-20)33-14-13-30-11-3-4-12-30/h7-10,15-17H,3-6,11-14H2,1-2H3,(H,27,28,29). The van der Waals surface area contributed by atoms with E-state index in [9.17, 15) is 0 Å². The lowest BCUT2D eigenvalue weighted by atomic mass is 9.90. The Balaban J connectivity index is 1.35. The van der Waals surface area contributed by atoms with Gasteiger partial charge < -0.3 is 19.5 Å². The molecule has 0 atom stereocenters. The molecule has 7 nitrogen and oxygen atoms in total. The van der Waals surface area contributed by atoms with Crippen molar-refractivity contribution in [1.82, 2.24) is 14.9 Å². The van der Waals surface area contributed by atoms with Crippen LogP contribution in [0.15, 0.2) is 42.6 Å². The quantitative estimate of drug-likeness (QED) is 0.547. The van der Waals surface area contributed by atoms with E-state index in [1.807, 2.05) is 30.5 Å². The summed E-state index contributed by atoms with van der Waals surface area (Å²) in [6.45, 7) is 3.88. The zero-order valence-corrected chi connectivity index (χ0v) is 19.3. The van der Waals surface area contributed by atoms with Crippen LogP contribution in [0.4, 0.5) is 11.6 Å². The molecule has 1 aliphatic heterocycles. The molecule has 2 heterocycles. The fraction of sp³-hybridized carbons (Fsp3) is 0.385. The number of aromatic nitrogens is 2. The van der Waals surface area contributed by atoms with Crippen LogP contribution in [-0.2, 0) is 12.8 Å². The van der Waals surface area contributed by atoms with Crippen molar-refractivity contribution in [2.75, 3.05) is 45.8 Å². The lowest BCUT2D eigenvalue weighted by Gasteiger charge is -2.20. The predicted octanol–water partition coefficient (Wildman–Crippen LogP) is 4.48. The van der Waals surface area contributed by atoms with Crippen molar-refractivity contribution in [3.8, 4) is 28.5 Å². The molecule has 33 heavy (non-hydrogen) atoms. The van der Waals surface area contributed by atoms with Gasteiger partial charge in [0, 0.05) is 30.1 Å². The maximum atomic E-state index is 6.07. The average Bonchev–Trinajstić information content (AvgIpc) is 3.37. The average molecular weight is 447 g/mol. The fourth-order valence-corrected chi connectivity index (χ4v) is 4.56. The Kier molecular flexibility index (Phi) is 6.30. The highest BCUT2D eigenvalue weighted by molar-refractivity contribution is 5.72. The van der Waals surface area contributed by atoms with E-state index in [1.54, 1.807) is 14.2 Å². The molecule has 0 radical (unpaired) electrons. The van der Waals surface area contributed by atoms with E-state index < -0.39 is 0 Å².